The molecule has 0 atom stereocenters. The quantitative estimate of drug-likeness (QED) is 0.0713. The second-order valence-corrected chi connectivity index (χ2v) is 16.7. The lowest BCUT2D eigenvalue weighted by Crippen LogP contribution is -2.12. The summed E-state index contributed by atoms with van der Waals surface area (Å²) in [5.41, 5.74) is 16.6. The molecule has 0 spiro atoms. The lowest BCUT2D eigenvalue weighted by Gasteiger charge is -2.29. The topological polar surface area (TPSA) is 30.5 Å². The van der Waals surface area contributed by atoms with Gasteiger partial charge < -0.3 is 20.4 Å². The van der Waals surface area contributed by atoms with Crippen molar-refractivity contribution in [3.05, 3.63) is 192 Å². The smallest absolute Gasteiger partial charge is 0.0463 e. The molecule has 0 aliphatic heterocycles. The summed E-state index contributed by atoms with van der Waals surface area (Å²) in [5, 5.41) is 7.24. The number of hydrogen-bond donors (Lipinski definition) is 2. The van der Waals surface area contributed by atoms with Gasteiger partial charge in [-0.25, -0.2) is 0 Å². The summed E-state index contributed by atoms with van der Waals surface area (Å²) in [6.45, 7) is 9.00. The summed E-state index contributed by atoms with van der Waals surface area (Å²) in [6, 6.07) is 62.7. The second-order valence-electron chi connectivity index (χ2n) is 16.7. The van der Waals surface area contributed by atoms with E-state index in [9.17, 15) is 0 Å². The van der Waals surface area contributed by atoms with E-state index in [-0.39, 0.29) is 0 Å². The minimum absolute atomic E-state index is 1.07. The number of anilines is 10. The molecular formula is C58H66N4. The molecule has 0 heterocycles. The highest BCUT2D eigenvalue weighted by molar-refractivity contribution is 5.82. The van der Waals surface area contributed by atoms with Gasteiger partial charge in [-0.3, -0.25) is 0 Å². The van der Waals surface area contributed by atoms with Crippen LogP contribution in [-0.2, 0) is 25.7 Å². The van der Waals surface area contributed by atoms with E-state index < -0.39 is 0 Å². The maximum absolute atomic E-state index is 3.62. The highest BCUT2D eigenvalue weighted by atomic mass is 15.2. The Labute approximate surface area is 372 Å². The van der Waals surface area contributed by atoms with Gasteiger partial charge in [0.2, 0.25) is 0 Å². The minimum atomic E-state index is 1.07. The van der Waals surface area contributed by atoms with Gasteiger partial charge in [0.15, 0.2) is 0 Å². The molecule has 0 saturated heterocycles. The van der Waals surface area contributed by atoms with Crippen molar-refractivity contribution in [3.8, 4) is 0 Å². The van der Waals surface area contributed by atoms with Crippen LogP contribution in [0.1, 0.15) is 101 Å². The molecule has 0 amide bonds. The molecule has 0 radical (unpaired) electrons. The standard InChI is InChI=1S/C58H66N4/c1-5-9-13-45-17-25-49(26-18-45)59-51-29-37-55(38-30-51)61(53-33-21-47(22-34-53)15-11-7-3)57-41-43-58(44-42-57)62(54-35-23-48(24-36-54)16-12-8-4)56-39-31-52(32-40-56)60-50-27-19-46(20-28-50)14-10-6-2/h17-44,59-60H,5-16H2,1-4H3. The highest BCUT2D eigenvalue weighted by Gasteiger charge is 2.17. The fourth-order valence-corrected chi connectivity index (χ4v) is 8.02. The maximum Gasteiger partial charge on any atom is 0.0463 e. The van der Waals surface area contributed by atoms with E-state index in [1.165, 1.54) is 73.6 Å². The predicted octanol–water partition coefficient (Wildman–Crippen LogP) is 17.5. The monoisotopic (exact) mass is 819 g/mol. The average molecular weight is 819 g/mol. The molecule has 0 unspecified atom stereocenters. The van der Waals surface area contributed by atoms with Gasteiger partial charge in [0.1, 0.15) is 0 Å². The summed E-state index contributed by atoms with van der Waals surface area (Å²) in [4.78, 5) is 4.73. The molecule has 0 aromatic heterocycles. The molecule has 0 fully saturated rings. The van der Waals surface area contributed by atoms with Crippen molar-refractivity contribution in [1.82, 2.24) is 0 Å². The summed E-state index contributed by atoms with van der Waals surface area (Å²) in [6.07, 6.45) is 14.1. The van der Waals surface area contributed by atoms with E-state index >= 15 is 0 Å². The van der Waals surface area contributed by atoms with E-state index in [4.69, 9.17) is 0 Å². The van der Waals surface area contributed by atoms with Crippen LogP contribution in [0.25, 0.3) is 0 Å². The molecule has 7 aromatic carbocycles. The van der Waals surface area contributed by atoms with E-state index in [2.05, 4.69) is 218 Å². The first kappa shape index (κ1) is 43.8. The van der Waals surface area contributed by atoms with E-state index in [0.717, 1.165) is 82.6 Å². The number of nitrogens with one attached hydrogen (secondary N) is 2. The molecule has 7 rings (SSSR count). The Morgan fingerprint density at radius 3 is 0.661 bits per heavy atom. The van der Waals surface area contributed by atoms with Crippen LogP contribution in [0.15, 0.2) is 170 Å². The number of benzene rings is 7. The third-order valence-corrected chi connectivity index (χ3v) is 11.8. The van der Waals surface area contributed by atoms with Crippen LogP contribution in [0, 0.1) is 0 Å². The summed E-state index contributed by atoms with van der Waals surface area (Å²) in [7, 11) is 0. The van der Waals surface area contributed by atoms with Gasteiger partial charge in [-0.2, -0.15) is 0 Å². The number of unbranched alkanes of at least 4 members (excludes halogenated alkanes) is 4. The van der Waals surface area contributed by atoms with Crippen molar-refractivity contribution in [2.45, 2.75) is 105 Å². The van der Waals surface area contributed by atoms with Crippen molar-refractivity contribution >= 4 is 56.9 Å². The second kappa shape index (κ2) is 22.5. The van der Waals surface area contributed by atoms with Gasteiger partial charge in [-0.1, -0.05) is 102 Å². The maximum atomic E-state index is 3.62. The summed E-state index contributed by atoms with van der Waals surface area (Å²) in [5.74, 6) is 0. The molecular weight excluding hydrogens is 753 g/mol. The molecule has 4 nitrogen and oxygen atoms in total. The van der Waals surface area contributed by atoms with Gasteiger partial charge >= 0.3 is 0 Å². The van der Waals surface area contributed by atoms with Gasteiger partial charge in [0.25, 0.3) is 0 Å². The number of rotatable bonds is 22. The first-order chi connectivity index (χ1) is 30.5. The fraction of sp³-hybridized carbons (Fsp3) is 0.276. The van der Waals surface area contributed by atoms with Gasteiger partial charge in [0, 0.05) is 56.9 Å². The highest BCUT2D eigenvalue weighted by Crippen LogP contribution is 2.40. The zero-order chi connectivity index (χ0) is 42.9. The largest absolute Gasteiger partial charge is 0.356 e. The third kappa shape index (κ3) is 12.0. The Morgan fingerprint density at radius 2 is 0.435 bits per heavy atom. The van der Waals surface area contributed by atoms with Crippen LogP contribution in [0.3, 0.4) is 0 Å². The van der Waals surface area contributed by atoms with Gasteiger partial charge in [-0.15, -0.1) is 0 Å². The SMILES string of the molecule is CCCCc1ccc(Nc2ccc(N(c3ccc(CCCC)cc3)c3ccc(N(c4ccc(CCCC)cc4)c4ccc(Nc5ccc(CCCC)cc5)cc4)cc3)cc2)cc1. The van der Waals surface area contributed by atoms with Crippen molar-refractivity contribution in [1.29, 1.82) is 0 Å². The molecule has 0 aliphatic carbocycles. The molecule has 62 heavy (non-hydrogen) atoms. The van der Waals surface area contributed by atoms with E-state index in [1.807, 2.05) is 0 Å². The fourth-order valence-electron chi connectivity index (χ4n) is 8.02. The number of hydrogen-bond acceptors (Lipinski definition) is 4. The Balaban J connectivity index is 1.17. The zero-order valence-corrected chi connectivity index (χ0v) is 37.5. The first-order valence-corrected chi connectivity index (χ1v) is 23.3. The molecule has 4 heteroatoms. The van der Waals surface area contributed by atoms with Crippen molar-refractivity contribution < 1.29 is 0 Å². The molecule has 0 aliphatic rings. The molecule has 318 valence electrons. The van der Waals surface area contributed by atoms with Crippen molar-refractivity contribution in [3.63, 3.8) is 0 Å². The molecule has 2 N–H and O–H groups in total. The Bertz CT molecular complexity index is 2180. The Morgan fingerprint density at radius 1 is 0.258 bits per heavy atom. The van der Waals surface area contributed by atoms with Crippen LogP contribution in [0.2, 0.25) is 0 Å². The predicted molar refractivity (Wildman–Crippen MR) is 270 cm³/mol. The summed E-state index contributed by atoms with van der Waals surface area (Å²) >= 11 is 0. The first-order valence-electron chi connectivity index (χ1n) is 23.3. The zero-order valence-electron chi connectivity index (χ0n) is 37.5. The minimum Gasteiger partial charge on any atom is -0.356 e. The molecule has 7 aromatic rings. The lowest BCUT2D eigenvalue weighted by atomic mass is 10.1. The van der Waals surface area contributed by atoms with E-state index in [0.29, 0.717) is 0 Å². The van der Waals surface area contributed by atoms with Crippen molar-refractivity contribution in [2.24, 2.45) is 0 Å². The Hall–Kier alpha value is -6.26. The average Bonchev–Trinajstić information content (AvgIpc) is 3.32. The Kier molecular flexibility index (Phi) is 15.9. The molecule has 0 saturated carbocycles. The lowest BCUT2D eigenvalue weighted by molar-refractivity contribution is 0.795. The number of aryl methyl sites for hydroxylation is 4. The van der Waals surface area contributed by atoms with E-state index in [1.54, 1.807) is 0 Å². The van der Waals surface area contributed by atoms with Gasteiger partial charge in [0.05, 0.1) is 0 Å². The van der Waals surface area contributed by atoms with Crippen LogP contribution < -0.4 is 20.4 Å². The van der Waals surface area contributed by atoms with Crippen LogP contribution >= 0.6 is 0 Å². The van der Waals surface area contributed by atoms with Crippen LogP contribution in [-0.4, -0.2) is 0 Å². The van der Waals surface area contributed by atoms with Crippen molar-refractivity contribution in [2.75, 3.05) is 20.4 Å². The van der Waals surface area contributed by atoms with Crippen LogP contribution in [0.5, 0.6) is 0 Å². The third-order valence-electron chi connectivity index (χ3n) is 11.8. The number of nitrogens with zero attached hydrogens (tertiary/aromatic N) is 2. The van der Waals surface area contributed by atoms with Gasteiger partial charge in [-0.05, 0) is 195 Å². The summed E-state index contributed by atoms with van der Waals surface area (Å²) < 4.78 is 0. The molecule has 0 bridgehead atoms. The normalized spacial score (nSPS) is 11.0. The van der Waals surface area contributed by atoms with Crippen LogP contribution in [0.4, 0.5) is 56.9 Å².